The molecule has 0 aliphatic rings. The first-order valence-corrected chi connectivity index (χ1v) is 6.81. The monoisotopic (exact) mass is 292 g/mol. The number of aliphatic carboxylic acids is 1. The Morgan fingerprint density at radius 1 is 1.37 bits per heavy atom. The molecule has 0 aromatic carbocycles. The third-order valence-corrected chi connectivity index (χ3v) is 3.40. The van der Waals surface area contributed by atoms with Gasteiger partial charge in [0.25, 0.3) is 0 Å². The molecule has 19 heavy (non-hydrogen) atoms. The first-order valence-electron chi connectivity index (χ1n) is 5.76. The molecule has 2 unspecified atom stereocenters. The molecule has 0 aromatic heterocycles. The summed E-state index contributed by atoms with van der Waals surface area (Å²) in [6.07, 6.45) is 0. The van der Waals surface area contributed by atoms with Gasteiger partial charge >= 0.3 is 5.97 Å². The molecule has 0 aromatic rings. The van der Waals surface area contributed by atoms with Crippen molar-refractivity contribution in [3.8, 4) is 0 Å². The number of carbonyl (C=O) groups excluding carboxylic acids is 2. The van der Waals surface area contributed by atoms with Gasteiger partial charge in [0.2, 0.25) is 11.8 Å². The van der Waals surface area contributed by atoms with Crippen molar-refractivity contribution in [3.63, 3.8) is 0 Å². The second-order valence-electron chi connectivity index (χ2n) is 3.85. The zero-order chi connectivity index (χ0) is 14.8. The van der Waals surface area contributed by atoms with E-state index in [1.165, 1.54) is 25.8 Å². The number of methoxy groups -OCH3 is 1. The van der Waals surface area contributed by atoms with Crippen LogP contribution in [0.2, 0.25) is 0 Å². The highest BCUT2D eigenvalue weighted by molar-refractivity contribution is 8.00. The largest absolute Gasteiger partial charge is 0.480 e. The van der Waals surface area contributed by atoms with E-state index in [4.69, 9.17) is 9.84 Å². The van der Waals surface area contributed by atoms with Crippen LogP contribution in [0.3, 0.4) is 0 Å². The summed E-state index contributed by atoms with van der Waals surface area (Å²) in [7, 11) is 1.54. The van der Waals surface area contributed by atoms with Crippen molar-refractivity contribution < 1.29 is 24.2 Å². The molecular weight excluding hydrogens is 272 g/mol. The highest BCUT2D eigenvalue weighted by atomic mass is 32.2. The predicted molar refractivity (Wildman–Crippen MR) is 72.0 cm³/mol. The number of amides is 2. The van der Waals surface area contributed by atoms with Gasteiger partial charge in [-0.25, -0.2) is 4.79 Å². The minimum absolute atomic E-state index is 0.133. The molecule has 0 rings (SSSR count). The highest BCUT2D eigenvalue weighted by Gasteiger charge is 2.21. The number of carbonyl (C=O) groups is 3. The predicted octanol–water partition coefficient (Wildman–Crippen LogP) is -0.540. The molecule has 0 saturated carbocycles. The van der Waals surface area contributed by atoms with Crippen LogP contribution >= 0.6 is 11.8 Å². The molecule has 0 saturated heterocycles. The Labute approximate surface area is 116 Å². The minimum atomic E-state index is -1.12. The summed E-state index contributed by atoms with van der Waals surface area (Å²) in [5.41, 5.74) is 0. The average molecular weight is 292 g/mol. The Morgan fingerprint density at radius 2 is 2.00 bits per heavy atom. The highest BCUT2D eigenvalue weighted by Crippen LogP contribution is 2.12. The van der Waals surface area contributed by atoms with Crippen molar-refractivity contribution in [2.75, 3.05) is 26.0 Å². The van der Waals surface area contributed by atoms with E-state index in [0.717, 1.165) is 0 Å². The molecule has 8 heteroatoms. The van der Waals surface area contributed by atoms with Crippen molar-refractivity contribution >= 4 is 29.5 Å². The van der Waals surface area contributed by atoms with E-state index in [1.54, 1.807) is 6.92 Å². The zero-order valence-corrected chi connectivity index (χ0v) is 12.1. The smallest absolute Gasteiger partial charge is 0.327 e. The van der Waals surface area contributed by atoms with E-state index >= 15 is 0 Å². The SMILES string of the molecule is COCCNC(=O)C(C)SCC(NC(C)=O)C(=O)O. The van der Waals surface area contributed by atoms with Crippen LogP contribution in [0.15, 0.2) is 0 Å². The maximum atomic E-state index is 11.6. The Morgan fingerprint density at radius 3 is 2.47 bits per heavy atom. The maximum Gasteiger partial charge on any atom is 0.327 e. The first-order chi connectivity index (χ1) is 8.88. The van der Waals surface area contributed by atoms with Crippen LogP contribution in [0.4, 0.5) is 0 Å². The molecule has 2 amide bonds. The van der Waals surface area contributed by atoms with Gasteiger partial charge in [0, 0.05) is 26.3 Å². The summed E-state index contributed by atoms with van der Waals surface area (Å²) in [5.74, 6) is -1.58. The lowest BCUT2D eigenvalue weighted by atomic mass is 10.3. The van der Waals surface area contributed by atoms with E-state index in [2.05, 4.69) is 10.6 Å². The summed E-state index contributed by atoms with van der Waals surface area (Å²) < 4.78 is 4.80. The van der Waals surface area contributed by atoms with Crippen LogP contribution < -0.4 is 10.6 Å². The standard InChI is InChI=1S/C11H20N2O5S/c1-7(10(15)12-4-5-18-3)19-6-9(11(16)17)13-8(2)14/h7,9H,4-6H2,1-3H3,(H,12,15)(H,13,14)(H,16,17). The fourth-order valence-corrected chi connectivity index (χ4v) is 2.10. The molecule has 7 nitrogen and oxygen atoms in total. The normalized spacial score (nSPS) is 13.4. The van der Waals surface area contributed by atoms with Crippen LogP contribution in [0, 0.1) is 0 Å². The van der Waals surface area contributed by atoms with E-state index in [0.29, 0.717) is 13.2 Å². The number of carboxylic acids is 1. The van der Waals surface area contributed by atoms with Crippen LogP contribution in [0.5, 0.6) is 0 Å². The van der Waals surface area contributed by atoms with Crippen LogP contribution in [0.1, 0.15) is 13.8 Å². The molecule has 0 fully saturated rings. The van der Waals surface area contributed by atoms with Gasteiger partial charge in [-0.15, -0.1) is 11.8 Å². The van der Waals surface area contributed by atoms with Gasteiger partial charge in [0.05, 0.1) is 11.9 Å². The first kappa shape index (κ1) is 17.7. The molecule has 0 aliphatic carbocycles. The topological polar surface area (TPSA) is 105 Å². The Balaban J connectivity index is 4.09. The summed E-state index contributed by atoms with van der Waals surface area (Å²) in [5, 5.41) is 13.5. The molecule has 0 heterocycles. The zero-order valence-electron chi connectivity index (χ0n) is 11.3. The lowest BCUT2D eigenvalue weighted by molar-refractivity contribution is -0.140. The fraction of sp³-hybridized carbons (Fsp3) is 0.727. The molecule has 0 spiro atoms. The van der Waals surface area contributed by atoms with E-state index < -0.39 is 23.2 Å². The Bertz CT molecular complexity index is 324. The second-order valence-corrected chi connectivity index (χ2v) is 5.22. The second kappa shape index (κ2) is 9.62. The molecular formula is C11H20N2O5S. The number of carboxylic acid groups (broad SMARTS) is 1. The molecule has 2 atom stereocenters. The number of rotatable bonds is 9. The average Bonchev–Trinajstić information content (AvgIpc) is 2.33. The fourth-order valence-electron chi connectivity index (χ4n) is 1.16. The summed E-state index contributed by atoms with van der Waals surface area (Å²) in [6.45, 7) is 3.77. The molecule has 110 valence electrons. The molecule has 0 bridgehead atoms. The van der Waals surface area contributed by atoms with E-state index in [-0.39, 0.29) is 11.7 Å². The number of hydrogen-bond acceptors (Lipinski definition) is 5. The lowest BCUT2D eigenvalue weighted by Gasteiger charge is -2.16. The van der Waals surface area contributed by atoms with E-state index in [1.807, 2.05) is 0 Å². The molecule has 0 radical (unpaired) electrons. The van der Waals surface area contributed by atoms with Gasteiger partial charge in [0.15, 0.2) is 0 Å². The number of thioether (sulfide) groups is 1. The van der Waals surface area contributed by atoms with Crippen molar-refractivity contribution in [1.29, 1.82) is 0 Å². The summed E-state index contributed by atoms with van der Waals surface area (Å²) in [6, 6.07) is -0.989. The van der Waals surface area contributed by atoms with Crippen molar-refractivity contribution in [1.82, 2.24) is 10.6 Å². The van der Waals surface area contributed by atoms with Gasteiger partial charge in [-0.2, -0.15) is 0 Å². The third kappa shape index (κ3) is 8.44. The summed E-state index contributed by atoms with van der Waals surface area (Å²) in [4.78, 5) is 33.3. The maximum absolute atomic E-state index is 11.6. The summed E-state index contributed by atoms with van der Waals surface area (Å²) >= 11 is 1.17. The van der Waals surface area contributed by atoms with Crippen LogP contribution in [-0.2, 0) is 19.1 Å². The Kier molecular flexibility index (Phi) is 8.98. The number of nitrogens with one attached hydrogen (secondary N) is 2. The van der Waals surface area contributed by atoms with Gasteiger partial charge in [-0.05, 0) is 6.92 Å². The van der Waals surface area contributed by atoms with Gasteiger partial charge in [0.1, 0.15) is 6.04 Å². The quantitative estimate of drug-likeness (QED) is 0.493. The molecule has 0 aliphatic heterocycles. The van der Waals surface area contributed by atoms with E-state index in [9.17, 15) is 14.4 Å². The third-order valence-electron chi connectivity index (χ3n) is 2.16. The lowest BCUT2D eigenvalue weighted by Crippen LogP contribution is -2.42. The number of hydrogen-bond donors (Lipinski definition) is 3. The van der Waals surface area contributed by atoms with Gasteiger partial charge < -0.3 is 20.5 Å². The van der Waals surface area contributed by atoms with Crippen LogP contribution in [0.25, 0.3) is 0 Å². The number of ether oxygens (including phenoxy) is 1. The van der Waals surface area contributed by atoms with Gasteiger partial charge in [-0.3, -0.25) is 9.59 Å². The van der Waals surface area contributed by atoms with Crippen molar-refractivity contribution in [3.05, 3.63) is 0 Å². The Hall–Kier alpha value is -1.28. The van der Waals surface area contributed by atoms with Crippen LogP contribution in [-0.4, -0.2) is 60.2 Å². The molecule has 3 N–H and O–H groups in total. The minimum Gasteiger partial charge on any atom is -0.480 e. The van der Waals surface area contributed by atoms with Gasteiger partial charge in [-0.1, -0.05) is 0 Å². The van der Waals surface area contributed by atoms with Crippen molar-refractivity contribution in [2.45, 2.75) is 25.1 Å². The van der Waals surface area contributed by atoms with Crippen molar-refractivity contribution in [2.24, 2.45) is 0 Å².